The minimum Gasteiger partial charge on any atom is -0.444 e. The van der Waals surface area contributed by atoms with Crippen molar-refractivity contribution in [2.75, 3.05) is 6.54 Å². The number of aryl methyl sites for hydroxylation is 2. The third kappa shape index (κ3) is 2.65. The van der Waals surface area contributed by atoms with Crippen molar-refractivity contribution in [3.63, 3.8) is 0 Å². The van der Waals surface area contributed by atoms with Gasteiger partial charge in [-0.05, 0) is 52.0 Å². The zero-order valence-corrected chi connectivity index (χ0v) is 13.6. The highest BCUT2D eigenvalue weighted by molar-refractivity contribution is 5.69. The van der Waals surface area contributed by atoms with Gasteiger partial charge >= 0.3 is 6.09 Å². The summed E-state index contributed by atoms with van der Waals surface area (Å²) in [6, 6.07) is 0.355. The smallest absolute Gasteiger partial charge is 0.410 e. The van der Waals surface area contributed by atoms with E-state index in [1.165, 1.54) is 11.3 Å². The second kappa shape index (κ2) is 4.75. The van der Waals surface area contributed by atoms with E-state index in [-0.39, 0.29) is 6.09 Å². The molecule has 21 heavy (non-hydrogen) atoms. The molecule has 0 spiro atoms. The Bertz CT molecular complexity index is 539. The lowest BCUT2D eigenvalue weighted by Crippen LogP contribution is -2.42. The third-order valence-electron chi connectivity index (χ3n) is 4.56. The monoisotopic (exact) mass is 291 g/mol. The molecule has 0 radical (unpaired) electrons. The Kier molecular flexibility index (Phi) is 3.26. The van der Waals surface area contributed by atoms with Crippen molar-refractivity contribution in [1.29, 1.82) is 0 Å². The van der Waals surface area contributed by atoms with Crippen LogP contribution in [0.5, 0.6) is 0 Å². The van der Waals surface area contributed by atoms with Crippen molar-refractivity contribution in [3.8, 4) is 0 Å². The van der Waals surface area contributed by atoms with Crippen molar-refractivity contribution in [2.45, 2.75) is 58.1 Å². The number of carbonyl (C=O) groups excluding carboxylic acids is 1. The lowest BCUT2D eigenvalue weighted by molar-refractivity contribution is 0.0182. The maximum atomic E-state index is 12.3. The predicted molar refractivity (Wildman–Crippen MR) is 80.1 cm³/mol. The van der Waals surface area contributed by atoms with Gasteiger partial charge in [0.2, 0.25) is 0 Å². The van der Waals surface area contributed by atoms with Crippen LogP contribution >= 0.6 is 0 Å². The predicted octanol–water partition coefficient (Wildman–Crippen LogP) is 2.84. The number of rotatable bonds is 1. The molecule has 3 rings (SSSR count). The first-order chi connectivity index (χ1) is 9.78. The highest BCUT2D eigenvalue weighted by atomic mass is 16.6. The van der Waals surface area contributed by atoms with E-state index in [1.54, 1.807) is 0 Å². The molecule has 1 aromatic heterocycles. The minimum absolute atomic E-state index is 0.157. The summed E-state index contributed by atoms with van der Waals surface area (Å²) in [5.74, 6) is 1.10. The fourth-order valence-electron chi connectivity index (χ4n) is 3.63. The molecular weight excluding hydrogens is 266 g/mol. The molecule has 0 N–H and O–H groups in total. The van der Waals surface area contributed by atoms with Gasteiger partial charge in [0.15, 0.2) is 0 Å². The molecule has 3 unspecified atom stereocenters. The number of carbonyl (C=O) groups is 1. The average Bonchev–Trinajstić information content (AvgIpc) is 3.08. The molecule has 0 bridgehead atoms. The molecule has 1 amide bonds. The molecule has 5 nitrogen and oxygen atoms in total. The summed E-state index contributed by atoms with van der Waals surface area (Å²) in [6.45, 7) is 8.66. The number of aromatic nitrogens is 2. The Morgan fingerprint density at radius 2 is 2.14 bits per heavy atom. The average molecular weight is 291 g/mol. The number of nitrogens with zero attached hydrogens (tertiary/aromatic N) is 3. The van der Waals surface area contributed by atoms with Gasteiger partial charge in [-0.15, -0.1) is 0 Å². The number of hydrogen-bond donors (Lipinski definition) is 0. The molecule has 2 heterocycles. The molecule has 1 saturated heterocycles. The first-order valence-electron chi connectivity index (χ1n) is 7.76. The van der Waals surface area contributed by atoms with Gasteiger partial charge in [0.05, 0.1) is 6.20 Å². The maximum absolute atomic E-state index is 12.3. The number of piperidine rings is 1. The summed E-state index contributed by atoms with van der Waals surface area (Å²) in [5, 5.41) is 4.36. The van der Waals surface area contributed by atoms with Gasteiger partial charge in [0.1, 0.15) is 5.60 Å². The molecule has 116 valence electrons. The fraction of sp³-hybridized carbons (Fsp3) is 0.750. The van der Waals surface area contributed by atoms with Crippen LogP contribution in [-0.2, 0) is 11.8 Å². The van der Waals surface area contributed by atoms with Crippen molar-refractivity contribution >= 4 is 6.09 Å². The van der Waals surface area contributed by atoms with Gasteiger partial charge in [-0.25, -0.2) is 4.79 Å². The third-order valence-corrected chi connectivity index (χ3v) is 4.56. The standard InChI is InChI=1S/C16H25N3O2/c1-10-9-17-18(5)14(10)11-6-7-19(13-8-12(11)13)15(20)21-16(2,3)4/h9,11-13H,6-8H2,1-5H3. The van der Waals surface area contributed by atoms with E-state index < -0.39 is 5.60 Å². The fourth-order valence-corrected chi connectivity index (χ4v) is 3.63. The molecule has 2 fully saturated rings. The second-order valence-electron chi connectivity index (χ2n) is 7.37. The molecule has 2 aliphatic rings. The SMILES string of the molecule is Cc1cnn(C)c1C1CCN(C(=O)OC(C)(C)C)C2CC12. The largest absolute Gasteiger partial charge is 0.444 e. The van der Waals surface area contributed by atoms with Crippen LogP contribution in [0.2, 0.25) is 0 Å². The number of amides is 1. The van der Waals surface area contributed by atoms with E-state index in [0.717, 1.165) is 19.4 Å². The summed E-state index contributed by atoms with van der Waals surface area (Å²) in [5.41, 5.74) is 2.18. The number of hydrogen-bond acceptors (Lipinski definition) is 3. The Labute approximate surface area is 126 Å². The lowest BCUT2D eigenvalue weighted by Gasteiger charge is -2.33. The zero-order chi connectivity index (χ0) is 15.4. The van der Waals surface area contributed by atoms with Crippen molar-refractivity contribution < 1.29 is 9.53 Å². The molecule has 1 saturated carbocycles. The Hall–Kier alpha value is -1.52. The Morgan fingerprint density at radius 1 is 1.43 bits per heavy atom. The maximum Gasteiger partial charge on any atom is 0.410 e. The van der Waals surface area contributed by atoms with Crippen molar-refractivity contribution in [1.82, 2.24) is 14.7 Å². The number of likely N-dealkylation sites (tertiary alicyclic amines) is 1. The molecular formula is C16H25N3O2. The molecule has 3 atom stereocenters. The van der Waals surface area contributed by atoms with Crippen LogP contribution in [0, 0.1) is 12.8 Å². The van der Waals surface area contributed by atoms with E-state index in [0.29, 0.717) is 17.9 Å². The topological polar surface area (TPSA) is 47.4 Å². The van der Waals surface area contributed by atoms with Gasteiger partial charge in [0, 0.05) is 31.2 Å². The molecule has 1 aliphatic heterocycles. The lowest BCUT2D eigenvalue weighted by atomic mass is 9.90. The number of ether oxygens (including phenoxy) is 1. The Morgan fingerprint density at radius 3 is 2.71 bits per heavy atom. The van der Waals surface area contributed by atoms with Crippen LogP contribution in [0.25, 0.3) is 0 Å². The minimum atomic E-state index is -0.420. The summed E-state index contributed by atoms with van der Waals surface area (Å²) >= 11 is 0. The summed E-state index contributed by atoms with van der Waals surface area (Å²) in [7, 11) is 2.01. The van der Waals surface area contributed by atoms with Gasteiger partial charge < -0.3 is 9.64 Å². The number of fused-ring (bicyclic) bond motifs is 1. The van der Waals surface area contributed by atoms with Crippen LogP contribution in [0.4, 0.5) is 4.79 Å². The first-order valence-corrected chi connectivity index (χ1v) is 7.76. The molecule has 1 aromatic rings. The summed E-state index contributed by atoms with van der Waals surface area (Å²) < 4.78 is 7.52. The van der Waals surface area contributed by atoms with Crippen LogP contribution < -0.4 is 0 Å². The van der Waals surface area contributed by atoms with E-state index >= 15 is 0 Å². The van der Waals surface area contributed by atoms with Gasteiger partial charge in [-0.1, -0.05) is 0 Å². The highest BCUT2D eigenvalue weighted by Gasteiger charge is 2.53. The van der Waals surface area contributed by atoms with Gasteiger partial charge in [0.25, 0.3) is 0 Å². The summed E-state index contributed by atoms with van der Waals surface area (Å²) in [4.78, 5) is 14.2. The van der Waals surface area contributed by atoms with Crippen molar-refractivity contribution in [2.24, 2.45) is 13.0 Å². The first kappa shape index (κ1) is 14.4. The highest BCUT2D eigenvalue weighted by Crippen LogP contribution is 2.52. The molecule has 0 aromatic carbocycles. The second-order valence-corrected chi connectivity index (χ2v) is 7.37. The quantitative estimate of drug-likeness (QED) is 0.799. The van der Waals surface area contributed by atoms with E-state index in [9.17, 15) is 4.79 Å². The zero-order valence-electron chi connectivity index (χ0n) is 13.6. The normalized spacial score (nSPS) is 28.2. The van der Waals surface area contributed by atoms with E-state index in [2.05, 4.69) is 12.0 Å². The van der Waals surface area contributed by atoms with Gasteiger partial charge in [-0.2, -0.15) is 5.10 Å². The Balaban J connectivity index is 1.70. The van der Waals surface area contributed by atoms with Crippen LogP contribution in [0.1, 0.15) is 50.8 Å². The van der Waals surface area contributed by atoms with Crippen molar-refractivity contribution in [3.05, 3.63) is 17.5 Å². The van der Waals surface area contributed by atoms with Crippen LogP contribution in [0.3, 0.4) is 0 Å². The molecule has 1 aliphatic carbocycles. The van der Waals surface area contributed by atoms with E-state index in [4.69, 9.17) is 4.74 Å². The van der Waals surface area contributed by atoms with Gasteiger partial charge in [-0.3, -0.25) is 4.68 Å². The van der Waals surface area contributed by atoms with Crippen LogP contribution in [-0.4, -0.2) is 39.0 Å². The van der Waals surface area contributed by atoms with Crippen LogP contribution in [0.15, 0.2) is 6.20 Å². The molecule has 5 heteroatoms. The summed E-state index contributed by atoms with van der Waals surface area (Å²) in [6.07, 6.45) is 3.87. The van der Waals surface area contributed by atoms with E-state index in [1.807, 2.05) is 43.6 Å².